The largest absolute Gasteiger partial charge is 0.689 e. The minimum Gasteiger partial charge on any atom is -0.263 e. The Morgan fingerprint density at radius 2 is 1.12 bits per heavy atom. The number of hydrogen-bond acceptors (Lipinski definition) is 13. The van der Waals surface area contributed by atoms with Crippen LogP contribution in [0.1, 0.15) is 0 Å². The summed E-state index contributed by atoms with van der Waals surface area (Å²) in [5.74, 6) is 0. The van der Waals surface area contributed by atoms with Crippen molar-refractivity contribution in [1.29, 1.82) is 0 Å². The molecule has 1 aliphatic carbocycles. The maximum atomic E-state index is 11.3. The third-order valence-corrected chi connectivity index (χ3v) is 3.63. The molecule has 0 saturated carbocycles. The minimum atomic E-state index is -5.04. The first-order valence-corrected chi connectivity index (χ1v) is 5.60. The molecule has 0 amide bonds. The predicted octanol–water partition coefficient (Wildman–Crippen LogP) is -2.37. The Balaban J connectivity index is 4.36. The molecule has 0 radical (unpaired) electrons. The fourth-order valence-corrected chi connectivity index (χ4v) is 2.56. The molecule has 0 aromatic heterocycles. The fourth-order valence-electron chi connectivity index (χ4n) is 2.56. The van der Waals surface area contributed by atoms with Crippen LogP contribution < -0.4 is 5.73 Å². The number of rotatable bonds is 6. The second-order valence-electron chi connectivity index (χ2n) is 4.60. The van der Waals surface area contributed by atoms with Gasteiger partial charge in [-0.05, 0) is 0 Å². The molecule has 2 unspecified atom stereocenters. The third kappa shape index (κ3) is 1.82. The maximum Gasteiger partial charge on any atom is 0.689 e. The summed E-state index contributed by atoms with van der Waals surface area (Å²) in [6.07, 6.45) is -0.336. The van der Waals surface area contributed by atoms with Crippen molar-refractivity contribution in [1.82, 2.24) is 0 Å². The van der Waals surface area contributed by atoms with Crippen LogP contribution in [0.5, 0.6) is 0 Å². The topological polar surface area (TPSA) is 285 Å². The Morgan fingerprint density at radius 3 is 1.36 bits per heavy atom. The molecule has 0 aromatic rings. The molecular formula is C6H5N7O12. The highest BCUT2D eigenvalue weighted by Gasteiger charge is 3.09. The van der Waals surface area contributed by atoms with Gasteiger partial charge in [0.05, 0.1) is 4.92 Å². The average Bonchev–Trinajstić information content (AvgIpc) is 2.44. The van der Waals surface area contributed by atoms with Crippen LogP contribution in [-0.4, -0.2) is 52.6 Å². The van der Waals surface area contributed by atoms with Crippen molar-refractivity contribution in [2.24, 2.45) is 5.73 Å². The molecule has 1 aliphatic rings. The molecule has 0 aliphatic heterocycles. The molecule has 136 valence electrons. The van der Waals surface area contributed by atoms with Gasteiger partial charge in [0.15, 0.2) is 0 Å². The maximum absolute atomic E-state index is 11.3. The van der Waals surface area contributed by atoms with Crippen LogP contribution >= 0.6 is 0 Å². The first-order chi connectivity index (χ1) is 11.3. The molecule has 0 heterocycles. The Bertz CT molecular complexity index is 716. The Kier molecular flexibility index (Phi) is 4.08. The van der Waals surface area contributed by atoms with Gasteiger partial charge in [-0.2, -0.15) is 0 Å². The van der Waals surface area contributed by atoms with Crippen LogP contribution in [0, 0.1) is 60.7 Å². The van der Waals surface area contributed by atoms with Crippen LogP contribution in [0.3, 0.4) is 0 Å². The summed E-state index contributed by atoms with van der Waals surface area (Å²) < 4.78 is 0. The van der Waals surface area contributed by atoms with Crippen molar-refractivity contribution in [3.8, 4) is 0 Å². The molecule has 19 heteroatoms. The lowest BCUT2D eigenvalue weighted by molar-refractivity contribution is -0.975. The molecule has 2 N–H and O–H groups in total. The van der Waals surface area contributed by atoms with Gasteiger partial charge in [-0.1, -0.05) is 0 Å². The summed E-state index contributed by atoms with van der Waals surface area (Å²) >= 11 is 0. The van der Waals surface area contributed by atoms with Crippen LogP contribution in [0.25, 0.3) is 0 Å². The average molecular weight is 367 g/mol. The van der Waals surface area contributed by atoms with E-state index in [1.807, 2.05) is 0 Å². The van der Waals surface area contributed by atoms with Crippen molar-refractivity contribution in [3.63, 3.8) is 0 Å². The molecule has 0 spiro atoms. The lowest BCUT2D eigenvalue weighted by Crippen LogP contribution is -2.88. The van der Waals surface area contributed by atoms with Gasteiger partial charge < -0.3 is 0 Å². The number of hydrogen-bond donors (Lipinski definition) is 1. The molecule has 0 aromatic carbocycles. The van der Waals surface area contributed by atoms with Crippen LogP contribution in [0.4, 0.5) is 0 Å². The SMILES string of the molecule is NC1([N+](=O)[O-])C=CC([N+](=O)[O-])C([N+](=O)[O-])([N+](=O)[O-])C1([N+](=O)[O-])[N+](=O)[O-]. The summed E-state index contributed by atoms with van der Waals surface area (Å²) in [6.45, 7) is 0. The molecule has 0 fully saturated rings. The van der Waals surface area contributed by atoms with E-state index in [0.717, 1.165) is 0 Å². The van der Waals surface area contributed by atoms with Crippen molar-refractivity contribution < 1.29 is 29.5 Å². The van der Waals surface area contributed by atoms with Crippen molar-refractivity contribution in [3.05, 3.63) is 72.8 Å². The predicted molar refractivity (Wildman–Crippen MR) is 67.3 cm³/mol. The molecule has 2 atom stereocenters. The quantitative estimate of drug-likeness (QED) is 0.222. The van der Waals surface area contributed by atoms with E-state index in [9.17, 15) is 60.7 Å². The number of nitrogens with zero attached hydrogens (tertiary/aromatic N) is 6. The second-order valence-corrected chi connectivity index (χ2v) is 4.60. The summed E-state index contributed by atoms with van der Waals surface area (Å²) in [4.78, 5) is 54.4. The zero-order valence-corrected chi connectivity index (χ0v) is 11.4. The van der Waals surface area contributed by atoms with Gasteiger partial charge >= 0.3 is 23.0 Å². The van der Waals surface area contributed by atoms with Gasteiger partial charge in [0, 0.05) is 17.1 Å². The van der Waals surface area contributed by atoms with E-state index >= 15 is 0 Å². The smallest absolute Gasteiger partial charge is 0.263 e. The van der Waals surface area contributed by atoms with E-state index < -0.39 is 52.6 Å². The van der Waals surface area contributed by atoms with E-state index in [-0.39, 0.29) is 12.2 Å². The van der Waals surface area contributed by atoms with E-state index in [1.165, 1.54) is 0 Å². The van der Waals surface area contributed by atoms with E-state index in [1.54, 1.807) is 0 Å². The zero-order chi connectivity index (χ0) is 20.0. The highest BCUT2D eigenvalue weighted by atomic mass is 16.7. The molecule has 1 rings (SSSR count). The lowest BCUT2D eigenvalue weighted by Gasteiger charge is -2.31. The normalized spacial score (nSPS) is 26.4. The van der Waals surface area contributed by atoms with E-state index in [4.69, 9.17) is 5.73 Å². The van der Waals surface area contributed by atoms with Gasteiger partial charge in [-0.15, -0.1) is 0 Å². The van der Waals surface area contributed by atoms with Gasteiger partial charge in [-0.3, -0.25) is 60.7 Å². The van der Waals surface area contributed by atoms with Crippen molar-refractivity contribution in [2.45, 2.75) is 23.0 Å². The summed E-state index contributed by atoms with van der Waals surface area (Å²) in [5, 5.41) is 67.4. The fraction of sp³-hybridized carbons (Fsp3) is 0.667. The highest BCUT2D eigenvalue weighted by Crippen LogP contribution is 2.45. The third-order valence-electron chi connectivity index (χ3n) is 3.63. The van der Waals surface area contributed by atoms with Gasteiger partial charge in [0.1, 0.15) is 19.7 Å². The van der Waals surface area contributed by atoms with Gasteiger partial charge in [0.25, 0.3) is 0 Å². The highest BCUT2D eigenvalue weighted by molar-refractivity contribution is 5.21. The zero-order valence-electron chi connectivity index (χ0n) is 11.4. The van der Waals surface area contributed by atoms with Crippen LogP contribution in [-0.2, 0) is 0 Å². The van der Waals surface area contributed by atoms with Crippen molar-refractivity contribution >= 4 is 0 Å². The molecule has 25 heavy (non-hydrogen) atoms. The van der Waals surface area contributed by atoms with Crippen LogP contribution in [0.2, 0.25) is 0 Å². The Labute approximate surface area is 132 Å². The van der Waals surface area contributed by atoms with E-state index in [0.29, 0.717) is 0 Å². The first kappa shape index (κ1) is 19.1. The molecule has 0 bridgehead atoms. The lowest BCUT2D eigenvalue weighted by atomic mass is 9.73. The monoisotopic (exact) mass is 367 g/mol. The Morgan fingerprint density at radius 1 is 0.720 bits per heavy atom. The van der Waals surface area contributed by atoms with Gasteiger partial charge in [0.2, 0.25) is 0 Å². The standard InChI is InChI=1S/C6H5N7O12/c7-4(9(16)17)2-1-3(8(14)15)5(10(18)19,11(20)21)6(4,12(22)23)13(24)25/h1-3H,7H2. The summed E-state index contributed by atoms with van der Waals surface area (Å²) in [5.41, 5.74) is -9.11. The minimum absolute atomic E-state index is 0.125. The molecule has 19 nitrogen and oxygen atoms in total. The van der Waals surface area contributed by atoms with E-state index in [2.05, 4.69) is 0 Å². The first-order valence-electron chi connectivity index (χ1n) is 5.60. The molecular weight excluding hydrogens is 362 g/mol. The summed E-state index contributed by atoms with van der Waals surface area (Å²) in [6, 6.07) is -3.30. The summed E-state index contributed by atoms with van der Waals surface area (Å²) in [7, 11) is 0. The second kappa shape index (κ2) is 5.33. The number of nitrogens with two attached hydrogens (primary N) is 1. The van der Waals surface area contributed by atoms with Crippen molar-refractivity contribution in [2.75, 3.05) is 0 Å². The van der Waals surface area contributed by atoms with Crippen LogP contribution in [0.15, 0.2) is 12.2 Å². The molecule has 0 saturated heterocycles. The Hall–Kier alpha value is -3.90. The number of nitro groups is 6. The van der Waals surface area contributed by atoms with Gasteiger partial charge in [-0.25, -0.2) is 5.73 Å².